The van der Waals surface area contributed by atoms with Crippen LogP contribution in [0.4, 0.5) is 22.0 Å². The molecule has 2 heterocycles. The molecule has 0 radical (unpaired) electrons. The summed E-state index contributed by atoms with van der Waals surface area (Å²) in [6.07, 6.45) is 2.01. The summed E-state index contributed by atoms with van der Waals surface area (Å²) in [4.78, 5) is 30.8. The maximum absolute atomic E-state index is 12.7. The van der Waals surface area contributed by atoms with E-state index in [1.165, 1.54) is 34.5 Å². The van der Waals surface area contributed by atoms with Crippen molar-refractivity contribution >= 4 is 23.3 Å². The predicted molar refractivity (Wildman–Crippen MR) is 124 cm³/mol. The molecule has 0 unspecified atom stereocenters. The Morgan fingerprint density at radius 1 is 1.09 bits per heavy atom. The summed E-state index contributed by atoms with van der Waals surface area (Å²) >= 11 is 0. The van der Waals surface area contributed by atoms with Crippen molar-refractivity contribution < 1.29 is 14.5 Å². The third kappa shape index (κ3) is 3.93. The number of pyridine rings is 1. The number of nitro groups is 1. The highest BCUT2D eigenvalue weighted by Gasteiger charge is 2.25. The number of ether oxygens (including phenoxy) is 1. The van der Waals surface area contributed by atoms with Gasteiger partial charge in [0.05, 0.1) is 16.8 Å². The number of anilines is 2. The van der Waals surface area contributed by atoms with E-state index < -0.39 is 4.92 Å². The van der Waals surface area contributed by atoms with Crippen LogP contribution in [0.1, 0.15) is 16.7 Å². The van der Waals surface area contributed by atoms with Crippen LogP contribution in [0.2, 0.25) is 0 Å². The highest BCUT2D eigenvalue weighted by atomic mass is 16.6. The molecule has 1 fully saturated rings. The van der Waals surface area contributed by atoms with Gasteiger partial charge in [-0.3, -0.25) is 10.1 Å². The lowest BCUT2D eigenvalue weighted by atomic mass is 10.0. The highest BCUT2D eigenvalue weighted by Crippen LogP contribution is 2.38. The molecule has 33 heavy (non-hydrogen) atoms. The number of carbonyl (C=O) groups is 1. The molecule has 168 valence electrons. The van der Waals surface area contributed by atoms with Crippen molar-refractivity contribution in [2.75, 3.05) is 36.8 Å². The molecule has 0 saturated carbocycles. The lowest BCUT2D eigenvalue weighted by Gasteiger charge is -2.35. The van der Waals surface area contributed by atoms with E-state index in [1.54, 1.807) is 4.90 Å². The minimum Gasteiger partial charge on any atom is -0.445 e. The summed E-state index contributed by atoms with van der Waals surface area (Å²) in [6.45, 7) is 2.18. The van der Waals surface area contributed by atoms with Crippen molar-refractivity contribution in [2.24, 2.45) is 0 Å². The molecule has 1 aliphatic carbocycles. The fourth-order valence-corrected chi connectivity index (χ4v) is 4.51. The van der Waals surface area contributed by atoms with Crippen LogP contribution < -0.4 is 10.6 Å². The van der Waals surface area contributed by atoms with Crippen molar-refractivity contribution in [2.45, 2.75) is 13.0 Å². The van der Waals surface area contributed by atoms with Gasteiger partial charge in [0.25, 0.3) is 0 Å². The summed E-state index contributed by atoms with van der Waals surface area (Å²) in [5, 5.41) is 11.1. The number of carbonyl (C=O) groups excluding carboxylic acids is 1. The van der Waals surface area contributed by atoms with E-state index in [-0.39, 0.29) is 24.2 Å². The van der Waals surface area contributed by atoms with Crippen LogP contribution >= 0.6 is 0 Å². The summed E-state index contributed by atoms with van der Waals surface area (Å²) in [6, 6.07) is 15.9. The fourth-order valence-electron chi connectivity index (χ4n) is 4.51. The van der Waals surface area contributed by atoms with Crippen LogP contribution in [-0.2, 0) is 17.8 Å². The normalized spacial score (nSPS) is 14.5. The molecule has 0 bridgehead atoms. The number of fused-ring (bicyclic) bond motifs is 3. The predicted octanol–water partition coefficient (Wildman–Crippen LogP) is 3.60. The number of aromatic nitrogens is 1. The Balaban J connectivity index is 1.20. The monoisotopic (exact) mass is 445 g/mol. The van der Waals surface area contributed by atoms with Crippen LogP contribution in [0.15, 0.2) is 54.7 Å². The van der Waals surface area contributed by atoms with Gasteiger partial charge >= 0.3 is 11.8 Å². The van der Waals surface area contributed by atoms with Crippen LogP contribution in [0.3, 0.4) is 0 Å². The molecule has 0 atom stereocenters. The quantitative estimate of drug-likeness (QED) is 0.377. The maximum Gasteiger partial charge on any atom is 0.410 e. The van der Waals surface area contributed by atoms with Crippen LogP contribution in [0.25, 0.3) is 11.1 Å². The number of amides is 1. The van der Waals surface area contributed by atoms with Crippen LogP contribution in [-0.4, -0.2) is 47.1 Å². The molecule has 5 rings (SSSR count). The first kappa shape index (κ1) is 20.7. The fraction of sp³-hybridized carbons (Fsp3) is 0.250. The number of piperazine rings is 1. The van der Waals surface area contributed by atoms with E-state index in [0.29, 0.717) is 31.9 Å². The summed E-state index contributed by atoms with van der Waals surface area (Å²) < 4.78 is 5.65. The molecule has 9 heteroatoms. The van der Waals surface area contributed by atoms with Crippen molar-refractivity contribution in [1.29, 1.82) is 0 Å². The number of nitrogens with two attached hydrogens (primary N) is 1. The number of hydrogen-bond acceptors (Lipinski definition) is 7. The molecule has 9 nitrogen and oxygen atoms in total. The zero-order valence-electron chi connectivity index (χ0n) is 17.9. The standard InChI is InChI=1S/C24H23N5O4/c25-23-22(29(31)32)13-18(14-26-23)27-8-10-28(11-9-27)24(30)33-15-17-5-3-7-20-19-6-2-1-4-16(19)12-21(17)20/h1-7,13-14H,8-12,15H2,(H2,25,26). The number of nitrogen functional groups attached to an aromatic ring is 1. The maximum atomic E-state index is 12.7. The van der Waals surface area contributed by atoms with Gasteiger partial charge in [-0.25, -0.2) is 9.78 Å². The highest BCUT2D eigenvalue weighted by molar-refractivity contribution is 5.78. The van der Waals surface area contributed by atoms with Gasteiger partial charge in [-0.2, -0.15) is 0 Å². The van der Waals surface area contributed by atoms with Gasteiger partial charge in [-0.05, 0) is 34.2 Å². The van der Waals surface area contributed by atoms with Gasteiger partial charge in [0, 0.05) is 32.2 Å². The first-order valence-electron chi connectivity index (χ1n) is 10.8. The third-order valence-electron chi connectivity index (χ3n) is 6.28. The zero-order chi connectivity index (χ0) is 22.9. The van der Waals surface area contributed by atoms with E-state index in [9.17, 15) is 14.9 Å². The average molecular weight is 445 g/mol. The van der Waals surface area contributed by atoms with E-state index in [4.69, 9.17) is 10.5 Å². The Hall–Kier alpha value is -4.14. The van der Waals surface area contributed by atoms with E-state index in [0.717, 1.165) is 12.0 Å². The van der Waals surface area contributed by atoms with E-state index in [2.05, 4.69) is 23.2 Å². The zero-order valence-corrected chi connectivity index (χ0v) is 17.9. The third-order valence-corrected chi connectivity index (χ3v) is 6.28. The van der Waals surface area contributed by atoms with Gasteiger partial charge < -0.3 is 20.3 Å². The molecule has 2 N–H and O–H groups in total. The molecule has 2 aromatic carbocycles. The van der Waals surface area contributed by atoms with Crippen LogP contribution in [0, 0.1) is 10.1 Å². The number of rotatable bonds is 4. The van der Waals surface area contributed by atoms with Gasteiger partial charge in [-0.15, -0.1) is 0 Å². The number of nitrogens with zero attached hydrogens (tertiary/aromatic N) is 4. The minimum atomic E-state index is -0.543. The minimum absolute atomic E-state index is 0.110. The van der Waals surface area contributed by atoms with E-state index >= 15 is 0 Å². The Morgan fingerprint density at radius 3 is 2.64 bits per heavy atom. The average Bonchev–Trinajstić information content (AvgIpc) is 3.22. The Bertz CT molecular complexity index is 1240. The second-order valence-electron chi connectivity index (χ2n) is 8.16. The molecule has 0 spiro atoms. The summed E-state index contributed by atoms with van der Waals surface area (Å²) in [7, 11) is 0. The largest absolute Gasteiger partial charge is 0.445 e. The van der Waals surface area contributed by atoms with Gasteiger partial charge in [0.1, 0.15) is 6.61 Å². The van der Waals surface area contributed by atoms with Crippen molar-refractivity contribution in [1.82, 2.24) is 9.88 Å². The Morgan fingerprint density at radius 2 is 1.85 bits per heavy atom. The molecule has 1 saturated heterocycles. The van der Waals surface area contributed by atoms with E-state index in [1.807, 2.05) is 29.2 Å². The molecule has 1 amide bonds. The van der Waals surface area contributed by atoms with Crippen LogP contribution in [0.5, 0.6) is 0 Å². The smallest absolute Gasteiger partial charge is 0.410 e. The second kappa shape index (κ2) is 8.42. The molecular weight excluding hydrogens is 422 g/mol. The molecule has 1 aliphatic heterocycles. The molecule has 1 aromatic heterocycles. The first-order valence-corrected chi connectivity index (χ1v) is 10.8. The lowest BCUT2D eigenvalue weighted by Crippen LogP contribution is -2.49. The number of hydrogen-bond donors (Lipinski definition) is 1. The van der Waals surface area contributed by atoms with Crippen molar-refractivity contribution in [3.63, 3.8) is 0 Å². The number of benzene rings is 2. The lowest BCUT2D eigenvalue weighted by molar-refractivity contribution is -0.384. The Kier molecular flexibility index (Phi) is 5.29. The molecule has 3 aromatic rings. The van der Waals surface area contributed by atoms with Crippen molar-refractivity contribution in [3.05, 3.63) is 81.5 Å². The SMILES string of the molecule is Nc1ncc(N2CCN(C(=O)OCc3cccc4c3Cc3ccccc3-4)CC2)cc1[N+](=O)[O-]. The topological polar surface area (TPSA) is 115 Å². The van der Waals surface area contributed by atoms with Crippen molar-refractivity contribution in [3.8, 4) is 11.1 Å². The van der Waals surface area contributed by atoms with Gasteiger partial charge in [0.2, 0.25) is 5.82 Å². The first-order chi connectivity index (χ1) is 16.0. The summed E-state index contributed by atoms with van der Waals surface area (Å²) in [5.74, 6) is -0.110. The van der Waals surface area contributed by atoms with Gasteiger partial charge in [0.15, 0.2) is 0 Å². The van der Waals surface area contributed by atoms with Gasteiger partial charge in [-0.1, -0.05) is 42.5 Å². The molecule has 2 aliphatic rings. The Labute approximate surface area is 190 Å². The second-order valence-corrected chi connectivity index (χ2v) is 8.16. The summed E-state index contributed by atoms with van der Waals surface area (Å²) in [5.41, 5.74) is 12.0. The molecular formula is C24H23N5O4.